The third-order valence-corrected chi connectivity index (χ3v) is 7.69. The van der Waals surface area contributed by atoms with Crippen LogP contribution in [0.4, 0.5) is 5.00 Å². The van der Waals surface area contributed by atoms with Crippen molar-refractivity contribution in [3.05, 3.63) is 70.9 Å². The highest BCUT2D eigenvalue weighted by Crippen LogP contribution is 2.54. The highest BCUT2D eigenvalue weighted by molar-refractivity contribution is 7.99. The number of aryl methyl sites for hydroxylation is 1. The highest BCUT2D eigenvalue weighted by atomic mass is 32.2. The van der Waals surface area contributed by atoms with E-state index in [1.165, 1.54) is 35.8 Å². The van der Waals surface area contributed by atoms with Crippen LogP contribution < -0.4 is 5.32 Å². The summed E-state index contributed by atoms with van der Waals surface area (Å²) >= 11 is 2.72. The molecule has 1 aromatic carbocycles. The summed E-state index contributed by atoms with van der Waals surface area (Å²) in [5.74, 6) is 1.19. The molecule has 33 heavy (non-hydrogen) atoms. The molecule has 9 heteroatoms. The van der Waals surface area contributed by atoms with E-state index in [4.69, 9.17) is 4.74 Å². The van der Waals surface area contributed by atoms with Crippen LogP contribution in [-0.4, -0.2) is 39.5 Å². The van der Waals surface area contributed by atoms with Gasteiger partial charge in [-0.2, -0.15) is 0 Å². The van der Waals surface area contributed by atoms with E-state index >= 15 is 0 Å². The molecule has 1 N–H and O–H groups in total. The largest absolute Gasteiger partial charge is 0.465 e. The first-order chi connectivity index (χ1) is 16.0. The van der Waals surface area contributed by atoms with Crippen LogP contribution in [0.15, 0.2) is 54.2 Å². The Morgan fingerprint density at radius 3 is 2.79 bits per heavy atom. The lowest BCUT2D eigenvalue weighted by atomic mass is 10.1. The number of aromatic nitrogens is 3. The summed E-state index contributed by atoms with van der Waals surface area (Å²) < 4.78 is 6.88. The molecule has 0 saturated heterocycles. The first-order valence-electron chi connectivity index (χ1n) is 10.8. The Morgan fingerprint density at radius 2 is 2.09 bits per heavy atom. The molecule has 2 atom stereocenters. The molecule has 0 spiro atoms. The van der Waals surface area contributed by atoms with Gasteiger partial charge in [0, 0.05) is 17.3 Å². The predicted molar refractivity (Wildman–Crippen MR) is 131 cm³/mol. The maximum Gasteiger partial charge on any atom is 0.340 e. The van der Waals surface area contributed by atoms with Gasteiger partial charge in [0.05, 0.1) is 18.4 Å². The van der Waals surface area contributed by atoms with Crippen molar-refractivity contribution in [2.75, 3.05) is 18.2 Å². The topological polar surface area (TPSA) is 86.1 Å². The molecule has 2 unspecified atom stereocenters. The lowest BCUT2D eigenvalue weighted by Crippen LogP contribution is -2.16. The van der Waals surface area contributed by atoms with Crippen molar-refractivity contribution < 1.29 is 14.3 Å². The van der Waals surface area contributed by atoms with Crippen molar-refractivity contribution in [3.8, 4) is 0 Å². The number of anilines is 1. The SMILES string of the molecule is C=CCn1c(SCC(=O)Nc2sc(CC)cc2C(=O)OC)nnc1C1CC1c1ccccc1. The molecule has 2 heterocycles. The number of ether oxygens (including phenoxy) is 1. The Balaban J connectivity index is 1.43. The molecule has 3 aromatic rings. The van der Waals surface area contributed by atoms with Crippen molar-refractivity contribution in [3.63, 3.8) is 0 Å². The minimum atomic E-state index is -0.457. The van der Waals surface area contributed by atoms with Crippen LogP contribution in [0.1, 0.15) is 51.8 Å². The number of benzene rings is 1. The number of carbonyl (C=O) groups excluding carboxylic acids is 2. The monoisotopic (exact) mass is 482 g/mol. The average Bonchev–Trinajstić information content (AvgIpc) is 3.37. The number of rotatable bonds is 10. The van der Waals surface area contributed by atoms with Crippen molar-refractivity contribution in [2.45, 2.75) is 43.3 Å². The number of thiophene rings is 1. The molecule has 1 saturated carbocycles. The van der Waals surface area contributed by atoms with Crippen molar-refractivity contribution in [2.24, 2.45) is 0 Å². The molecule has 2 aromatic heterocycles. The second-order valence-corrected chi connectivity index (χ2v) is 9.82. The lowest BCUT2D eigenvalue weighted by molar-refractivity contribution is -0.113. The fraction of sp³-hybridized carbons (Fsp3) is 0.333. The first kappa shape index (κ1) is 23.3. The number of hydrogen-bond donors (Lipinski definition) is 1. The van der Waals surface area contributed by atoms with Crippen molar-refractivity contribution in [1.29, 1.82) is 0 Å². The van der Waals surface area contributed by atoms with Crippen LogP contribution in [0.3, 0.4) is 0 Å². The third-order valence-electron chi connectivity index (χ3n) is 5.53. The fourth-order valence-corrected chi connectivity index (χ4v) is 5.55. The lowest BCUT2D eigenvalue weighted by Gasteiger charge is -2.08. The molecular formula is C24H26N4O3S2. The number of methoxy groups -OCH3 is 1. The van der Waals surface area contributed by atoms with Gasteiger partial charge in [0.25, 0.3) is 0 Å². The molecule has 1 fully saturated rings. The van der Waals surface area contributed by atoms with Gasteiger partial charge < -0.3 is 14.6 Å². The highest BCUT2D eigenvalue weighted by Gasteiger charge is 2.43. The normalized spacial score (nSPS) is 16.9. The Labute approximate surface area is 201 Å². The summed E-state index contributed by atoms with van der Waals surface area (Å²) in [6, 6.07) is 12.2. The quantitative estimate of drug-likeness (QED) is 0.252. The molecule has 172 valence electrons. The molecule has 1 aliphatic rings. The number of nitrogens with one attached hydrogen (secondary N) is 1. The number of thioether (sulfide) groups is 1. The van der Waals surface area contributed by atoms with E-state index in [9.17, 15) is 9.59 Å². The molecular weight excluding hydrogens is 456 g/mol. The van der Waals surface area contributed by atoms with Gasteiger partial charge in [-0.15, -0.1) is 28.1 Å². The van der Waals surface area contributed by atoms with E-state index < -0.39 is 5.97 Å². The van der Waals surface area contributed by atoms with Gasteiger partial charge in [-0.05, 0) is 30.4 Å². The number of esters is 1. The average molecular weight is 483 g/mol. The Kier molecular flexibility index (Phi) is 7.29. The van der Waals surface area contributed by atoms with E-state index in [1.54, 1.807) is 6.07 Å². The van der Waals surface area contributed by atoms with E-state index in [2.05, 4.69) is 46.4 Å². The molecule has 7 nitrogen and oxygen atoms in total. The van der Waals surface area contributed by atoms with Gasteiger partial charge >= 0.3 is 5.97 Å². The van der Waals surface area contributed by atoms with Crippen LogP contribution in [0.2, 0.25) is 0 Å². The van der Waals surface area contributed by atoms with Crippen molar-refractivity contribution >= 4 is 40.0 Å². The summed E-state index contributed by atoms with van der Waals surface area (Å²) in [6.45, 7) is 6.45. The number of carbonyl (C=O) groups is 2. The first-order valence-corrected chi connectivity index (χ1v) is 12.6. The van der Waals surface area contributed by atoms with Gasteiger partial charge in [-0.25, -0.2) is 4.79 Å². The zero-order valence-corrected chi connectivity index (χ0v) is 20.2. The van der Waals surface area contributed by atoms with Gasteiger partial charge in [-0.1, -0.05) is 55.1 Å². The zero-order valence-electron chi connectivity index (χ0n) is 18.6. The van der Waals surface area contributed by atoms with E-state index in [1.807, 2.05) is 23.6 Å². The number of nitrogens with zero attached hydrogens (tertiary/aromatic N) is 3. The maximum atomic E-state index is 12.7. The van der Waals surface area contributed by atoms with E-state index in [0.29, 0.717) is 34.1 Å². The fourth-order valence-electron chi connectivity index (χ4n) is 3.79. The standard InChI is InChI=1S/C24H26N4O3S2/c1-4-11-28-21(18-13-17(18)15-9-7-6-8-10-15)26-27-24(28)32-14-20(29)25-22-19(23(30)31-3)12-16(5-2)33-22/h4,6-10,12,17-18H,1,5,11,13-14H2,2-3H3,(H,25,29). The maximum absolute atomic E-state index is 12.7. The minimum Gasteiger partial charge on any atom is -0.465 e. The molecule has 0 bridgehead atoms. The number of hydrogen-bond acceptors (Lipinski definition) is 7. The zero-order chi connectivity index (χ0) is 23.4. The second-order valence-electron chi connectivity index (χ2n) is 7.74. The van der Waals surface area contributed by atoms with Gasteiger partial charge in [0.15, 0.2) is 5.16 Å². The van der Waals surface area contributed by atoms with Crippen LogP contribution >= 0.6 is 23.1 Å². The molecule has 1 aliphatic carbocycles. The summed E-state index contributed by atoms with van der Waals surface area (Å²) in [5.41, 5.74) is 1.70. The van der Waals surface area contributed by atoms with Crippen LogP contribution in [0.5, 0.6) is 0 Å². The number of allylic oxidation sites excluding steroid dienone is 1. The smallest absolute Gasteiger partial charge is 0.340 e. The van der Waals surface area contributed by atoms with Crippen LogP contribution in [-0.2, 0) is 22.5 Å². The Morgan fingerprint density at radius 1 is 1.30 bits per heavy atom. The van der Waals surface area contributed by atoms with Crippen LogP contribution in [0.25, 0.3) is 0 Å². The number of amides is 1. The summed E-state index contributed by atoms with van der Waals surface area (Å²) in [7, 11) is 1.33. The summed E-state index contributed by atoms with van der Waals surface area (Å²) in [5, 5.41) is 12.9. The van der Waals surface area contributed by atoms with Crippen molar-refractivity contribution in [1.82, 2.24) is 14.8 Å². The van der Waals surface area contributed by atoms with Gasteiger partial charge in [-0.3, -0.25) is 4.79 Å². The molecule has 1 amide bonds. The van der Waals surface area contributed by atoms with E-state index in [-0.39, 0.29) is 11.7 Å². The summed E-state index contributed by atoms with van der Waals surface area (Å²) in [6.07, 6.45) is 3.63. The Hall–Kier alpha value is -2.91. The molecule has 0 radical (unpaired) electrons. The molecule has 0 aliphatic heterocycles. The van der Waals surface area contributed by atoms with E-state index in [0.717, 1.165) is 23.5 Å². The van der Waals surface area contributed by atoms with Gasteiger partial charge in [0.1, 0.15) is 10.8 Å². The minimum absolute atomic E-state index is 0.155. The Bertz CT molecular complexity index is 1160. The predicted octanol–water partition coefficient (Wildman–Crippen LogP) is 4.88. The van der Waals surface area contributed by atoms with Crippen LogP contribution in [0, 0.1) is 0 Å². The second kappa shape index (κ2) is 10.4. The summed E-state index contributed by atoms with van der Waals surface area (Å²) in [4.78, 5) is 25.7. The molecule has 4 rings (SSSR count). The van der Waals surface area contributed by atoms with Gasteiger partial charge in [0.2, 0.25) is 5.91 Å². The third kappa shape index (κ3) is 5.20.